The second-order valence-electron chi connectivity index (χ2n) is 21.3. The van der Waals surface area contributed by atoms with E-state index in [9.17, 15) is 85.3 Å². The molecular weight excluding hydrogens is 965 g/mol. The quantitative estimate of drug-likeness (QED) is 0.0961. The summed E-state index contributed by atoms with van der Waals surface area (Å²) >= 11 is 0. The molecule has 15 unspecified atom stereocenters. The van der Waals surface area contributed by atoms with Crippen molar-refractivity contribution in [2.24, 2.45) is 76.4 Å². The van der Waals surface area contributed by atoms with E-state index in [1.165, 1.54) is 6.92 Å². The summed E-state index contributed by atoms with van der Waals surface area (Å²) in [4.78, 5) is 38.3. The molecule has 6 bridgehead atoms. The van der Waals surface area contributed by atoms with Gasteiger partial charge in [0.1, 0.15) is 17.8 Å². The zero-order valence-electron chi connectivity index (χ0n) is 38.4. The Kier molecular flexibility index (Phi) is 14.8. The van der Waals surface area contributed by atoms with Crippen molar-refractivity contribution in [3.05, 3.63) is 12.2 Å². The molecule has 15 atom stereocenters. The van der Waals surface area contributed by atoms with Crippen LogP contribution < -0.4 is 0 Å². The van der Waals surface area contributed by atoms with Gasteiger partial charge in [-0.1, -0.05) is 39.8 Å². The van der Waals surface area contributed by atoms with E-state index in [1.54, 1.807) is 6.08 Å². The summed E-state index contributed by atoms with van der Waals surface area (Å²) in [6.07, 6.45) is -22.6. The van der Waals surface area contributed by atoms with Gasteiger partial charge in [-0.05, 0) is 138 Å². The second kappa shape index (κ2) is 18.5. The van der Waals surface area contributed by atoms with Gasteiger partial charge in [0, 0.05) is 11.8 Å². The first-order valence-electron chi connectivity index (χ1n) is 23.5. The number of halogens is 15. The lowest BCUT2D eigenvalue weighted by molar-refractivity contribution is -0.373. The monoisotopic (exact) mass is 1020 g/mol. The number of fused-ring (bicyclic) bond motifs is 5. The Morgan fingerprint density at radius 3 is 1.65 bits per heavy atom. The van der Waals surface area contributed by atoms with Crippen molar-refractivity contribution >= 4 is 17.9 Å². The molecule has 69 heavy (non-hydrogen) atoms. The highest BCUT2D eigenvalue weighted by atomic mass is 19.4. The number of carbonyl (C=O) groups excluding carboxylic acids is 3. The fraction of sp³-hybridized carbons (Fsp3) is 0.891. The van der Waals surface area contributed by atoms with Crippen LogP contribution in [-0.4, -0.2) is 88.0 Å². The van der Waals surface area contributed by atoms with Crippen LogP contribution in [0.15, 0.2) is 12.2 Å². The van der Waals surface area contributed by atoms with Crippen LogP contribution in [-0.2, 0) is 28.6 Å². The predicted octanol–water partition coefficient (Wildman–Crippen LogP) is 11.6. The maximum Gasteiger partial charge on any atom is 0.426 e. The Balaban J connectivity index is 0.000000179. The second-order valence-corrected chi connectivity index (χ2v) is 21.3. The van der Waals surface area contributed by atoms with Gasteiger partial charge in [0.25, 0.3) is 11.2 Å². The Bertz CT molecular complexity index is 1890. The highest BCUT2D eigenvalue weighted by molar-refractivity contribution is 5.86. The number of hydrogen-bond donors (Lipinski definition) is 2. The van der Waals surface area contributed by atoms with Crippen molar-refractivity contribution in [3.8, 4) is 0 Å². The van der Waals surface area contributed by atoms with Crippen molar-refractivity contribution in [3.63, 3.8) is 0 Å². The molecule has 8 rings (SSSR count). The van der Waals surface area contributed by atoms with Gasteiger partial charge in [-0.15, -0.1) is 0 Å². The van der Waals surface area contributed by atoms with Gasteiger partial charge in [0.15, 0.2) is 5.41 Å². The van der Waals surface area contributed by atoms with Crippen LogP contribution in [0.2, 0.25) is 0 Å². The van der Waals surface area contributed by atoms with Crippen LogP contribution in [0.1, 0.15) is 118 Å². The predicted molar refractivity (Wildman–Crippen MR) is 211 cm³/mol. The molecule has 1 saturated heterocycles. The average molecular weight is 1020 g/mol. The molecule has 7 fully saturated rings. The van der Waals surface area contributed by atoms with Crippen molar-refractivity contribution in [1.29, 1.82) is 0 Å². The highest BCUT2D eigenvalue weighted by Crippen LogP contribution is 2.62. The Morgan fingerprint density at radius 1 is 0.696 bits per heavy atom. The summed E-state index contributed by atoms with van der Waals surface area (Å²) in [7, 11) is 0. The molecule has 1 heterocycles. The first kappa shape index (κ1) is 55.3. The third-order valence-electron chi connectivity index (χ3n) is 17.8. The number of rotatable bonds is 10. The molecule has 0 spiro atoms. The molecule has 1 aliphatic heterocycles. The van der Waals surface area contributed by atoms with Gasteiger partial charge in [0.05, 0.1) is 11.8 Å². The first-order chi connectivity index (χ1) is 31.4. The van der Waals surface area contributed by atoms with Crippen LogP contribution in [0.3, 0.4) is 0 Å². The Hall–Kier alpha value is -2.98. The molecule has 0 radical (unpaired) electrons. The zero-order valence-corrected chi connectivity index (χ0v) is 38.4. The number of esters is 3. The molecular formula is C46H59F15O8. The normalized spacial score (nSPS) is 36.4. The molecule has 6 saturated carbocycles. The average Bonchev–Trinajstić information content (AvgIpc) is 4.10. The van der Waals surface area contributed by atoms with Crippen LogP contribution in [0.5, 0.6) is 0 Å². The van der Waals surface area contributed by atoms with Crippen LogP contribution >= 0.6 is 0 Å². The fourth-order valence-corrected chi connectivity index (χ4v) is 13.0. The SMILES string of the molecule is CC1C2CC(CC(O)(C(F)(F)F)C(F)(F)F)C(C2)C1C.CCC1(OC(=O)C2C3CC4C(OC(=O)C42)C3OC(=O)C(C)(CC)C(F)(F)F)CCCC1.OC(CC1CC2C=CC1C2)(C(F)(F)F)C(F)(F)F. The zero-order chi connectivity index (χ0) is 52.0. The molecule has 396 valence electrons. The maximum atomic E-state index is 13.5. The van der Waals surface area contributed by atoms with Gasteiger partial charge in [-0.25, -0.2) is 0 Å². The summed E-state index contributed by atoms with van der Waals surface area (Å²) < 4.78 is 208. The van der Waals surface area contributed by atoms with Crippen LogP contribution in [0.4, 0.5) is 65.9 Å². The van der Waals surface area contributed by atoms with E-state index < -0.39 is 132 Å². The molecule has 7 aliphatic carbocycles. The van der Waals surface area contributed by atoms with Crippen molar-refractivity contribution in [2.45, 2.75) is 178 Å². The van der Waals surface area contributed by atoms with Gasteiger partial charge < -0.3 is 24.4 Å². The minimum Gasteiger partial charge on any atom is -0.459 e. The number of hydrogen-bond acceptors (Lipinski definition) is 8. The van der Waals surface area contributed by atoms with Crippen LogP contribution in [0, 0.1) is 76.4 Å². The van der Waals surface area contributed by atoms with Crippen molar-refractivity contribution < 1.29 is 105 Å². The minimum absolute atomic E-state index is 0.0608. The number of allylic oxidation sites excluding steroid dienone is 2. The fourth-order valence-electron chi connectivity index (χ4n) is 13.0. The Morgan fingerprint density at radius 2 is 1.23 bits per heavy atom. The summed E-state index contributed by atoms with van der Waals surface area (Å²) in [6, 6.07) is 0. The highest BCUT2D eigenvalue weighted by Gasteiger charge is 2.74. The number of aliphatic hydroxyl groups is 2. The van der Waals surface area contributed by atoms with Gasteiger partial charge >= 0.3 is 48.8 Å². The van der Waals surface area contributed by atoms with Gasteiger partial charge in [-0.3, -0.25) is 14.4 Å². The summed E-state index contributed by atoms with van der Waals surface area (Å²) in [5.41, 5.74) is -12.4. The summed E-state index contributed by atoms with van der Waals surface area (Å²) in [5.74, 6) is -6.09. The van der Waals surface area contributed by atoms with E-state index >= 15 is 0 Å². The third-order valence-corrected chi connectivity index (χ3v) is 17.8. The third kappa shape index (κ3) is 9.72. The first-order valence-corrected chi connectivity index (χ1v) is 23.5. The maximum absolute atomic E-state index is 13.5. The topological polar surface area (TPSA) is 119 Å². The molecule has 0 amide bonds. The van der Waals surface area contributed by atoms with Crippen molar-refractivity contribution in [1.82, 2.24) is 0 Å². The number of ether oxygens (including phenoxy) is 3. The molecule has 8 nitrogen and oxygen atoms in total. The molecule has 2 N–H and O–H groups in total. The van der Waals surface area contributed by atoms with Gasteiger partial charge in [0.2, 0.25) is 0 Å². The van der Waals surface area contributed by atoms with E-state index in [2.05, 4.69) is 0 Å². The number of carbonyl (C=O) groups is 3. The van der Waals surface area contributed by atoms with E-state index in [0.29, 0.717) is 38.0 Å². The van der Waals surface area contributed by atoms with Crippen molar-refractivity contribution in [2.75, 3.05) is 0 Å². The smallest absolute Gasteiger partial charge is 0.426 e. The lowest BCUT2D eigenvalue weighted by Crippen LogP contribution is -2.58. The van der Waals surface area contributed by atoms with E-state index in [4.69, 9.17) is 19.3 Å². The van der Waals surface area contributed by atoms with E-state index in [1.807, 2.05) is 26.8 Å². The molecule has 23 heteroatoms. The molecule has 8 aliphatic rings. The minimum atomic E-state index is -5.70. The lowest BCUT2D eigenvalue weighted by Gasteiger charge is -2.39. The van der Waals surface area contributed by atoms with Crippen LogP contribution in [0.25, 0.3) is 0 Å². The largest absolute Gasteiger partial charge is 0.459 e. The summed E-state index contributed by atoms with van der Waals surface area (Å²) in [5, 5.41) is 18.4. The molecule has 0 aromatic rings. The van der Waals surface area contributed by atoms with E-state index in [-0.39, 0.29) is 41.9 Å². The lowest BCUT2D eigenvalue weighted by atomic mass is 9.72. The molecule has 0 aromatic heterocycles. The molecule has 0 aromatic carbocycles. The number of alkyl halides is 15. The Labute approximate surface area is 388 Å². The standard InChI is InChI=1S/C22H29F3O6.C13H18F6O.C11H12F6O/c1-4-20(3,22(23,24)25)19(28)30-16-12-10-11-13(17(26)29-15(11)16)14(12)18(27)31-21(5-2)8-6-7-9-21;1-6-7(2)10-4-8(6)3-9(10)5-11(20,12(14,15)16)13(17,18)19;12-10(13,14)9(18,11(15,16)17)5-8-4-6-1-2-7(8)3-6/h11-16H,4-10H2,1-3H3;6-10,20H,3-5H2,1-2H3;1-2,6-8,18H,3-5H2. The van der Waals surface area contributed by atoms with E-state index in [0.717, 1.165) is 32.6 Å². The summed E-state index contributed by atoms with van der Waals surface area (Å²) in [6.45, 7) is 7.90. The van der Waals surface area contributed by atoms with Gasteiger partial charge in [-0.2, -0.15) is 65.9 Å².